The molecule has 0 aliphatic heterocycles. The van der Waals surface area contributed by atoms with E-state index in [9.17, 15) is 4.79 Å². The van der Waals surface area contributed by atoms with Crippen molar-refractivity contribution in [2.24, 2.45) is 0 Å². The summed E-state index contributed by atoms with van der Waals surface area (Å²) < 4.78 is 0. The molecule has 2 aromatic carbocycles. The third-order valence-electron chi connectivity index (χ3n) is 2.80. The van der Waals surface area contributed by atoms with Crippen molar-refractivity contribution in [1.82, 2.24) is 5.32 Å². The van der Waals surface area contributed by atoms with Gasteiger partial charge in [-0.15, -0.1) is 0 Å². The molecular formula is C15H16N2O. The summed E-state index contributed by atoms with van der Waals surface area (Å²) in [6.07, 6.45) is 0. The number of nitrogen functional groups attached to an aromatic ring is 1. The molecule has 3 heteroatoms. The summed E-state index contributed by atoms with van der Waals surface area (Å²) in [5.74, 6) is -0.112. The maximum Gasteiger partial charge on any atom is 0.251 e. The second-order valence-electron chi connectivity index (χ2n) is 4.23. The van der Waals surface area contributed by atoms with Crippen LogP contribution in [-0.2, 0) is 0 Å². The lowest BCUT2D eigenvalue weighted by molar-refractivity contribution is 0.0940. The zero-order valence-corrected chi connectivity index (χ0v) is 10.3. The number of carbonyl (C=O) groups excluding carboxylic acids is 1. The lowest BCUT2D eigenvalue weighted by atomic mass is 10.1. The predicted molar refractivity (Wildman–Crippen MR) is 73.2 cm³/mol. The molecule has 18 heavy (non-hydrogen) atoms. The summed E-state index contributed by atoms with van der Waals surface area (Å²) in [6, 6.07) is 16.8. The Hall–Kier alpha value is -2.29. The first-order valence-electron chi connectivity index (χ1n) is 5.88. The number of anilines is 1. The number of benzene rings is 2. The number of nitrogens with two attached hydrogens (primary N) is 1. The molecule has 2 aromatic rings. The minimum absolute atomic E-state index is 0.0277. The molecule has 1 unspecified atom stereocenters. The van der Waals surface area contributed by atoms with Gasteiger partial charge in [-0.2, -0.15) is 0 Å². The Balaban J connectivity index is 2.08. The summed E-state index contributed by atoms with van der Waals surface area (Å²) in [5.41, 5.74) is 7.91. The number of carbonyl (C=O) groups is 1. The van der Waals surface area contributed by atoms with Crippen LogP contribution in [0.3, 0.4) is 0 Å². The molecule has 2 rings (SSSR count). The first kappa shape index (κ1) is 12.2. The Bertz CT molecular complexity index is 537. The normalized spacial score (nSPS) is 11.8. The zero-order chi connectivity index (χ0) is 13.0. The Morgan fingerprint density at radius 3 is 2.50 bits per heavy atom. The van der Waals surface area contributed by atoms with Crippen LogP contribution in [0.4, 0.5) is 5.69 Å². The van der Waals surface area contributed by atoms with Crippen molar-refractivity contribution in [1.29, 1.82) is 0 Å². The van der Waals surface area contributed by atoms with Gasteiger partial charge in [0.1, 0.15) is 0 Å². The van der Waals surface area contributed by atoms with E-state index < -0.39 is 0 Å². The molecule has 0 radical (unpaired) electrons. The Morgan fingerprint density at radius 2 is 1.83 bits per heavy atom. The van der Waals surface area contributed by atoms with Gasteiger partial charge in [0.25, 0.3) is 5.91 Å². The molecule has 0 aliphatic carbocycles. The van der Waals surface area contributed by atoms with E-state index in [-0.39, 0.29) is 11.9 Å². The summed E-state index contributed by atoms with van der Waals surface area (Å²) in [6.45, 7) is 1.96. The third kappa shape index (κ3) is 2.88. The van der Waals surface area contributed by atoms with E-state index >= 15 is 0 Å². The minimum Gasteiger partial charge on any atom is -0.399 e. The van der Waals surface area contributed by atoms with Crippen molar-refractivity contribution < 1.29 is 4.79 Å². The number of hydrogen-bond donors (Lipinski definition) is 2. The highest BCUT2D eigenvalue weighted by Gasteiger charge is 2.10. The van der Waals surface area contributed by atoms with Gasteiger partial charge in [0.2, 0.25) is 0 Å². The molecule has 0 aliphatic rings. The molecule has 1 atom stereocenters. The van der Waals surface area contributed by atoms with E-state index in [2.05, 4.69) is 5.32 Å². The molecular weight excluding hydrogens is 224 g/mol. The van der Waals surface area contributed by atoms with Gasteiger partial charge in [0.15, 0.2) is 0 Å². The largest absolute Gasteiger partial charge is 0.399 e. The Labute approximate surface area is 107 Å². The Kier molecular flexibility index (Phi) is 3.63. The molecule has 0 saturated heterocycles. The zero-order valence-electron chi connectivity index (χ0n) is 10.3. The van der Waals surface area contributed by atoms with Gasteiger partial charge in [-0.05, 0) is 30.7 Å². The molecule has 3 nitrogen and oxygen atoms in total. The molecule has 3 N–H and O–H groups in total. The van der Waals surface area contributed by atoms with E-state index in [0.717, 1.165) is 5.56 Å². The Morgan fingerprint density at radius 1 is 1.11 bits per heavy atom. The topological polar surface area (TPSA) is 55.1 Å². The van der Waals surface area contributed by atoms with Crippen LogP contribution in [0.25, 0.3) is 0 Å². The van der Waals surface area contributed by atoms with E-state index in [1.165, 1.54) is 0 Å². The lowest BCUT2D eigenvalue weighted by Gasteiger charge is -2.14. The number of nitrogens with one attached hydrogen (secondary N) is 1. The SMILES string of the molecule is CC(NC(=O)c1cccc(N)c1)c1ccccc1. The number of rotatable bonds is 3. The monoisotopic (exact) mass is 240 g/mol. The summed E-state index contributed by atoms with van der Waals surface area (Å²) in [4.78, 5) is 12.0. The van der Waals surface area contributed by atoms with Crippen LogP contribution in [0.1, 0.15) is 28.9 Å². The van der Waals surface area contributed by atoms with E-state index in [4.69, 9.17) is 5.73 Å². The first-order chi connectivity index (χ1) is 8.66. The standard InChI is InChI=1S/C15H16N2O/c1-11(12-6-3-2-4-7-12)17-15(18)13-8-5-9-14(16)10-13/h2-11H,16H2,1H3,(H,17,18). The summed E-state index contributed by atoms with van der Waals surface area (Å²) in [5, 5.41) is 2.95. The molecule has 0 bridgehead atoms. The fraction of sp³-hybridized carbons (Fsp3) is 0.133. The van der Waals surface area contributed by atoms with Gasteiger partial charge in [-0.25, -0.2) is 0 Å². The molecule has 0 fully saturated rings. The van der Waals surface area contributed by atoms with Gasteiger partial charge < -0.3 is 11.1 Å². The second-order valence-corrected chi connectivity index (χ2v) is 4.23. The average molecular weight is 240 g/mol. The van der Waals surface area contributed by atoms with E-state index in [0.29, 0.717) is 11.3 Å². The molecule has 92 valence electrons. The lowest BCUT2D eigenvalue weighted by Crippen LogP contribution is -2.26. The van der Waals surface area contributed by atoms with E-state index in [1.54, 1.807) is 24.3 Å². The quantitative estimate of drug-likeness (QED) is 0.810. The first-order valence-corrected chi connectivity index (χ1v) is 5.88. The second kappa shape index (κ2) is 5.36. The highest BCUT2D eigenvalue weighted by molar-refractivity contribution is 5.95. The van der Waals surface area contributed by atoms with Gasteiger partial charge in [-0.1, -0.05) is 36.4 Å². The van der Waals surface area contributed by atoms with Crippen molar-refractivity contribution in [2.45, 2.75) is 13.0 Å². The summed E-state index contributed by atoms with van der Waals surface area (Å²) >= 11 is 0. The van der Waals surface area contributed by atoms with Crippen LogP contribution in [0.5, 0.6) is 0 Å². The van der Waals surface area contributed by atoms with Gasteiger partial charge >= 0.3 is 0 Å². The van der Waals surface area contributed by atoms with E-state index in [1.807, 2.05) is 37.3 Å². The van der Waals surface area contributed by atoms with Gasteiger partial charge in [0.05, 0.1) is 6.04 Å². The highest BCUT2D eigenvalue weighted by Crippen LogP contribution is 2.13. The average Bonchev–Trinajstić information content (AvgIpc) is 2.39. The fourth-order valence-corrected chi connectivity index (χ4v) is 1.78. The van der Waals surface area contributed by atoms with Gasteiger partial charge in [0, 0.05) is 11.3 Å². The maximum atomic E-state index is 12.0. The van der Waals surface area contributed by atoms with Crippen molar-refractivity contribution >= 4 is 11.6 Å². The fourth-order valence-electron chi connectivity index (χ4n) is 1.78. The van der Waals surface area contributed by atoms with Crippen molar-refractivity contribution in [3.63, 3.8) is 0 Å². The highest BCUT2D eigenvalue weighted by atomic mass is 16.1. The van der Waals surface area contributed by atoms with Crippen LogP contribution >= 0.6 is 0 Å². The van der Waals surface area contributed by atoms with Crippen molar-refractivity contribution in [3.05, 3.63) is 65.7 Å². The molecule has 0 spiro atoms. The van der Waals surface area contributed by atoms with Crippen molar-refractivity contribution in [3.8, 4) is 0 Å². The molecule has 0 heterocycles. The number of hydrogen-bond acceptors (Lipinski definition) is 2. The predicted octanol–water partition coefficient (Wildman–Crippen LogP) is 2.76. The maximum absolute atomic E-state index is 12.0. The van der Waals surface area contributed by atoms with Crippen LogP contribution in [-0.4, -0.2) is 5.91 Å². The minimum atomic E-state index is -0.112. The van der Waals surface area contributed by atoms with Crippen LogP contribution in [0.2, 0.25) is 0 Å². The number of amides is 1. The molecule has 0 aromatic heterocycles. The van der Waals surface area contributed by atoms with Crippen molar-refractivity contribution in [2.75, 3.05) is 5.73 Å². The smallest absolute Gasteiger partial charge is 0.251 e. The summed E-state index contributed by atoms with van der Waals surface area (Å²) in [7, 11) is 0. The van der Waals surface area contributed by atoms with Crippen LogP contribution in [0, 0.1) is 0 Å². The molecule has 1 amide bonds. The van der Waals surface area contributed by atoms with Gasteiger partial charge in [-0.3, -0.25) is 4.79 Å². The molecule has 0 saturated carbocycles. The third-order valence-corrected chi connectivity index (χ3v) is 2.80. The van der Waals surface area contributed by atoms with Crippen LogP contribution in [0.15, 0.2) is 54.6 Å². The van der Waals surface area contributed by atoms with Crippen LogP contribution < -0.4 is 11.1 Å².